The number of carbonyl (C=O) groups is 2. The summed E-state index contributed by atoms with van der Waals surface area (Å²) in [5.41, 5.74) is -0.280. The topological polar surface area (TPSA) is 49.4 Å². The Morgan fingerprint density at radius 3 is 2.27 bits per heavy atom. The van der Waals surface area contributed by atoms with E-state index in [0.717, 1.165) is 17.0 Å². The normalized spacial score (nSPS) is 15.0. The summed E-state index contributed by atoms with van der Waals surface area (Å²) in [4.78, 5) is 26.4. The number of anilines is 1. The Hall–Kier alpha value is -3.09. The van der Waals surface area contributed by atoms with Gasteiger partial charge in [-0.2, -0.15) is 13.2 Å². The molecule has 0 saturated heterocycles. The molecule has 0 aliphatic carbocycles. The molecular weight excluding hydrogens is 345 g/mol. The Morgan fingerprint density at radius 1 is 0.962 bits per heavy atom. The van der Waals surface area contributed by atoms with Gasteiger partial charge in [-0.3, -0.25) is 9.59 Å². The van der Waals surface area contributed by atoms with Gasteiger partial charge in [-0.05, 0) is 30.7 Å². The first kappa shape index (κ1) is 17.7. The van der Waals surface area contributed by atoms with E-state index in [1.807, 2.05) is 0 Å². The van der Waals surface area contributed by atoms with E-state index in [4.69, 9.17) is 0 Å². The van der Waals surface area contributed by atoms with Gasteiger partial charge >= 0.3 is 6.18 Å². The van der Waals surface area contributed by atoms with Crippen LogP contribution in [0.25, 0.3) is 5.57 Å². The average molecular weight is 360 g/mol. The Labute approximate surface area is 147 Å². The fraction of sp³-hybridized carbons (Fsp3) is 0.158. The number of benzene rings is 2. The fourth-order valence-electron chi connectivity index (χ4n) is 2.80. The first-order valence-electron chi connectivity index (χ1n) is 7.94. The molecule has 2 aromatic rings. The van der Waals surface area contributed by atoms with Crippen molar-refractivity contribution in [2.45, 2.75) is 13.1 Å². The van der Waals surface area contributed by atoms with Crippen LogP contribution in [-0.4, -0.2) is 18.4 Å². The zero-order valence-corrected chi connectivity index (χ0v) is 13.8. The molecule has 2 aromatic carbocycles. The summed E-state index contributed by atoms with van der Waals surface area (Å²) in [5.74, 6) is -1.33. The summed E-state index contributed by atoms with van der Waals surface area (Å²) in [7, 11) is 0. The first-order valence-corrected chi connectivity index (χ1v) is 7.94. The van der Waals surface area contributed by atoms with E-state index in [-0.39, 0.29) is 17.0 Å². The third-order valence-corrected chi connectivity index (χ3v) is 3.93. The molecule has 0 aromatic heterocycles. The van der Waals surface area contributed by atoms with Gasteiger partial charge in [0.15, 0.2) is 0 Å². The van der Waals surface area contributed by atoms with Crippen molar-refractivity contribution in [3.05, 3.63) is 71.4 Å². The average Bonchev–Trinajstić information content (AvgIpc) is 2.86. The molecule has 0 radical (unpaired) electrons. The lowest BCUT2D eigenvalue weighted by Crippen LogP contribution is -2.33. The number of halogens is 3. The van der Waals surface area contributed by atoms with Crippen LogP contribution in [0.3, 0.4) is 0 Å². The van der Waals surface area contributed by atoms with Crippen LogP contribution in [0.5, 0.6) is 0 Å². The summed E-state index contributed by atoms with van der Waals surface area (Å²) in [6.07, 6.45) is -4.57. The van der Waals surface area contributed by atoms with Gasteiger partial charge in [0.1, 0.15) is 5.70 Å². The highest BCUT2D eigenvalue weighted by molar-refractivity contribution is 6.45. The standard InChI is InChI=1S/C19H15F3N2O2/c1-2-23-16-15(12-7-4-3-5-8-12)17(25)24(18(16)26)14-10-6-9-13(11-14)19(20,21)22/h3-11,23H,2H2,1H3. The van der Waals surface area contributed by atoms with Crippen LogP contribution in [0.4, 0.5) is 18.9 Å². The van der Waals surface area contributed by atoms with E-state index < -0.39 is 23.6 Å². The summed E-state index contributed by atoms with van der Waals surface area (Å²) >= 11 is 0. The fourth-order valence-corrected chi connectivity index (χ4v) is 2.80. The molecule has 3 rings (SSSR count). The Kier molecular flexibility index (Phi) is 4.54. The predicted molar refractivity (Wildman–Crippen MR) is 91.0 cm³/mol. The zero-order valence-electron chi connectivity index (χ0n) is 13.8. The molecule has 134 valence electrons. The van der Waals surface area contributed by atoms with Gasteiger partial charge in [-0.1, -0.05) is 36.4 Å². The van der Waals surface area contributed by atoms with Crippen LogP contribution >= 0.6 is 0 Å². The summed E-state index contributed by atoms with van der Waals surface area (Å²) in [6, 6.07) is 12.7. The molecule has 0 unspecified atom stereocenters. The number of hydrogen-bond donors (Lipinski definition) is 1. The predicted octanol–water partition coefficient (Wildman–Crippen LogP) is 3.60. The molecule has 2 amide bonds. The Balaban J connectivity index is 2.08. The SMILES string of the molecule is CCNC1=C(c2ccccc2)C(=O)N(c2cccc(C(F)(F)F)c2)C1=O. The molecule has 0 atom stereocenters. The number of nitrogens with one attached hydrogen (secondary N) is 1. The maximum atomic E-state index is 13.0. The number of alkyl halides is 3. The minimum Gasteiger partial charge on any atom is -0.380 e. The van der Waals surface area contributed by atoms with Gasteiger partial charge in [0.25, 0.3) is 11.8 Å². The number of hydrogen-bond acceptors (Lipinski definition) is 3. The van der Waals surface area contributed by atoms with Crippen molar-refractivity contribution >= 4 is 23.1 Å². The maximum Gasteiger partial charge on any atom is 0.416 e. The minimum absolute atomic E-state index is 0.0844. The summed E-state index contributed by atoms with van der Waals surface area (Å²) < 4.78 is 38.9. The zero-order chi connectivity index (χ0) is 18.9. The van der Waals surface area contributed by atoms with Crippen LogP contribution in [0, 0.1) is 0 Å². The third-order valence-electron chi connectivity index (χ3n) is 3.93. The second kappa shape index (κ2) is 6.67. The molecule has 1 heterocycles. The van der Waals surface area contributed by atoms with Gasteiger partial charge in [0.2, 0.25) is 0 Å². The molecule has 0 fully saturated rings. The molecule has 1 aliphatic heterocycles. The number of nitrogens with zero attached hydrogens (tertiary/aromatic N) is 1. The highest BCUT2D eigenvalue weighted by Crippen LogP contribution is 2.35. The molecule has 1 aliphatic rings. The van der Waals surface area contributed by atoms with Crippen molar-refractivity contribution in [2.24, 2.45) is 0 Å². The second-order valence-corrected chi connectivity index (χ2v) is 5.64. The van der Waals surface area contributed by atoms with Crippen molar-refractivity contribution in [2.75, 3.05) is 11.4 Å². The van der Waals surface area contributed by atoms with E-state index in [1.165, 1.54) is 12.1 Å². The van der Waals surface area contributed by atoms with Gasteiger partial charge in [-0.25, -0.2) is 4.90 Å². The number of likely N-dealkylation sites (N-methyl/N-ethyl adjacent to an activating group) is 1. The molecule has 1 N–H and O–H groups in total. The van der Waals surface area contributed by atoms with Crippen molar-refractivity contribution in [1.29, 1.82) is 0 Å². The smallest absolute Gasteiger partial charge is 0.380 e. The van der Waals surface area contributed by atoms with E-state index in [0.29, 0.717) is 12.1 Å². The Bertz CT molecular complexity index is 889. The molecule has 7 heteroatoms. The lowest BCUT2D eigenvalue weighted by Gasteiger charge is -2.17. The third kappa shape index (κ3) is 3.08. The quantitative estimate of drug-likeness (QED) is 0.848. The van der Waals surface area contributed by atoms with Gasteiger partial charge in [0, 0.05) is 6.54 Å². The Morgan fingerprint density at radius 2 is 1.65 bits per heavy atom. The van der Waals surface area contributed by atoms with Gasteiger partial charge < -0.3 is 5.32 Å². The molecule has 26 heavy (non-hydrogen) atoms. The molecule has 4 nitrogen and oxygen atoms in total. The minimum atomic E-state index is -4.57. The molecule has 0 bridgehead atoms. The van der Waals surface area contributed by atoms with E-state index >= 15 is 0 Å². The van der Waals surface area contributed by atoms with Crippen LogP contribution in [-0.2, 0) is 15.8 Å². The first-order chi connectivity index (χ1) is 12.3. The summed E-state index contributed by atoms with van der Waals surface area (Å²) in [6.45, 7) is 2.15. The number of amides is 2. The highest BCUT2D eigenvalue weighted by atomic mass is 19.4. The van der Waals surface area contributed by atoms with E-state index in [2.05, 4.69) is 5.32 Å². The van der Waals surface area contributed by atoms with Crippen molar-refractivity contribution in [1.82, 2.24) is 5.32 Å². The monoisotopic (exact) mass is 360 g/mol. The lowest BCUT2D eigenvalue weighted by molar-refractivity contribution is -0.137. The number of rotatable bonds is 4. The highest BCUT2D eigenvalue weighted by Gasteiger charge is 2.40. The van der Waals surface area contributed by atoms with E-state index in [9.17, 15) is 22.8 Å². The second-order valence-electron chi connectivity index (χ2n) is 5.64. The lowest BCUT2D eigenvalue weighted by atomic mass is 10.0. The van der Waals surface area contributed by atoms with Crippen LogP contribution < -0.4 is 10.2 Å². The molecule has 0 saturated carbocycles. The van der Waals surface area contributed by atoms with Crippen molar-refractivity contribution in [3.63, 3.8) is 0 Å². The van der Waals surface area contributed by atoms with Crippen LogP contribution in [0.15, 0.2) is 60.3 Å². The van der Waals surface area contributed by atoms with Crippen molar-refractivity contribution in [3.8, 4) is 0 Å². The van der Waals surface area contributed by atoms with Gasteiger partial charge in [0.05, 0.1) is 16.8 Å². The van der Waals surface area contributed by atoms with Crippen LogP contribution in [0.1, 0.15) is 18.1 Å². The summed E-state index contributed by atoms with van der Waals surface area (Å²) in [5, 5.41) is 2.86. The molecule has 0 spiro atoms. The van der Waals surface area contributed by atoms with E-state index in [1.54, 1.807) is 37.3 Å². The molecular formula is C19H15F3N2O2. The van der Waals surface area contributed by atoms with Gasteiger partial charge in [-0.15, -0.1) is 0 Å². The number of carbonyl (C=O) groups excluding carboxylic acids is 2. The largest absolute Gasteiger partial charge is 0.416 e. The van der Waals surface area contributed by atoms with Crippen LogP contribution in [0.2, 0.25) is 0 Å². The number of imide groups is 1. The maximum absolute atomic E-state index is 13.0. The van der Waals surface area contributed by atoms with Crippen molar-refractivity contribution < 1.29 is 22.8 Å².